The largest absolute Gasteiger partial charge is 0.319 e. The van der Waals surface area contributed by atoms with Crippen molar-refractivity contribution in [2.75, 3.05) is 26.7 Å². The zero-order chi connectivity index (χ0) is 14.0. The van der Waals surface area contributed by atoms with Crippen LogP contribution in [0.2, 0.25) is 10.0 Å². The van der Waals surface area contributed by atoms with Crippen LogP contribution in [0.25, 0.3) is 0 Å². The van der Waals surface area contributed by atoms with E-state index in [0.717, 1.165) is 13.0 Å². The Bertz CT molecular complexity index is 563. The van der Waals surface area contributed by atoms with E-state index >= 15 is 0 Å². The minimum atomic E-state index is -3.47. The van der Waals surface area contributed by atoms with Crippen LogP contribution in [0.3, 0.4) is 0 Å². The highest BCUT2D eigenvalue weighted by Gasteiger charge is 2.32. The molecule has 2 rings (SSSR count). The molecule has 106 valence electrons. The van der Waals surface area contributed by atoms with Crippen LogP contribution >= 0.6 is 23.2 Å². The lowest BCUT2D eigenvalue weighted by atomic mass is 10.1. The second kappa shape index (κ2) is 5.97. The van der Waals surface area contributed by atoms with Gasteiger partial charge in [0.05, 0.1) is 14.9 Å². The Morgan fingerprint density at radius 3 is 2.74 bits per heavy atom. The number of nitrogens with zero attached hydrogens (tertiary/aromatic N) is 1. The van der Waals surface area contributed by atoms with E-state index in [-0.39, 0.29) is 9.92 Å². The zero-order valence-electron chi connectivity index (χ0n) is 10.6. The summed E-state index contributed by atoms with van der Waals surface area (Å²) in [5, 5.41) is 3.69. The molecular formula is C12H16Cl2N2O2S. The first-order valence-corrected chi connectivity index (χ1v) is 8.24. The fourth-order valence-corrected chi connectivity index (χ4v) is 4.18. The van der Waals surface area contributed by atoms with Gasteiger partial charge in [0.25, 0.3) is 0 Å². The molecule has 1 saturated heterocycles. The van der Waals surface area contributed by atoms with Gasteiger partial charge < -0.3 is 5.32 Å². The second-order valence-electron chi connectivity index (χ2n) is 4.65. The summed E-state index contributed by atoms with van der Waals surface area (Å²) in [5.41, 5.74) is 0. The molecule has 0 saturated carbocycles. The average molecular weight is 323 g/mol. The normalized spacial score (nSPS) is 20.9. The van der Waals surface area contributed by atoms with Crippen LogP contribution in [-0.4, -0.2) is 39.4 Å². The van der Waals surface area contributed by atoms with Crippen molar-refractivity contribution in [3.8, 4) is 0 Å². The number of nitrogens with one attached hydrogen (secondary N) is 1. The lowest BCUT2D eigenvalue weighted by Gasteiger charge is -2.17. The minimum absolute atomic E-state index is 0.201. The van der Waals surface area contributed by atoms with Gasteiger partial charge in [0.2, 0.25) is 10.0 Å². The van der Waals surface area contributed by atoms with E-state index in [4.69, 9.17) is 23.2 Å². The molecule has 1 heterocycles. The molecule has 1 atom stereocenters. The van der Waals surface area contributed by atoms with E-state index < -0.39 is 10.0 Å². The molecular weight excluding hydrogens is 307 g/mol. The summed E-state index contributed by atoms with van der Waals surface area (Å²) in [6.07, 6.45) is 0.876. The van der Waals surface area contributed by atoms with Gasteiger partial charge in [0.1, 0.15) is 0 Å². The minimum Gasteiger partial charge on any atom is -0.319 e. The third kappa shape index (κ3) is 3.23. The van der Waals surface area contributed by atoms with Gasteiger partial charge in [0, 0.05) is 13.1 Å². The molecule has 0 bridgehead atoms. The van der Waals surface area contributed by atoms with Crippen molar-refractivity contribution in [1.82, 2.24) is 9.62 Å². The molecule has 1 aliphatic heterocycles. The number of hydrogen-bond donors (Lipinski definition) is 1. The maximum Gasteiger partial charge on any atom is 0.243 e. The van der Waals surface area contributed by atoms with Crippen LogP contribution in [0.15, 0.2) is 23.1 Å². The van der Waals surface area contributed by atoms with E-state index in [0.29, 0.717) is 24.0 Å². The zero-order valence-corrected chi connectivity index (χ0v) is 12.9. The second-order valence-corrected chi connectivity index (χ2v) is 7.40. The van der Waals surface area contributed by atoms with Crippen molar-refractivity contribution in [1.29, 1.82) is 0 Å². The SMILES string of the molecule is CNCC1CCN(S(=O)(=O)c2ccc(Cl)c(Cl)c2)C1. The summed E-state index contributed by atoms with van der Waals surface area (Å²) in [6.45, 7) is 1.92. The highest BCUT2D eigenvalue weighted by Crippen LogP contribution is 2.29. The number of sulfonamides is 1. The molecule has 1 aromatic rings. The third-order valence-electron chi connectivity index (χ3n) is 3.27. The van der Waals surface area contributed by atoms with Crippen LogP contribution in [0.4, 0.5) is 0 Å². The fraction of sp³-hybridized carbons (Fsp3) is 0.500. The molecule has 4 nitrogen and oxygen atoms in total. The quantitative estimate of drug-likeness (QED) is 0.924. The van der Waals surface area contributed by atoms with Crippen LogP contribution in [0.5, 0.6) is 0 Å². The van der Waals surface area contributed by atoms with Crippen molar-refractivity contribution < 1.29 is 8.42 Å². The molecule has 19 heavy (non-hydrogen) atoms. The molecule has 0 amide bonds. The monoisotopic (exact) mass is 322 g/mol. The summed E-state index contributed by atoms with van der Waals surface area (Å²) >= 11 is 11.7. The molecule has 0 spiro atoms. The summed E-state index contributed by atoms with van der Waals surface area (Å²) < 4.78 is 26.4. The molecule has 0 radical (unpaired) electrons. The van der Waals surface area contributed by atoms with Gasteiger partial charge in [-0.2, -0.15) is 4.31 Å². The Hall–Kier alpha value is -0.330. The van der Waals surface area contributed by atoms with E-state index in [9.17, 15) is 8.42 Å². The molecule has 7 heteroatoms. The standard InChI is InChI=1S/C12H16Cl2N2O2S/c1-15-7-9-4-5-16(8-9)19(17,18)10-2-3-11(13)12(14)6-10/h2-3,6,9,15H,4-5,7-8H2,1H3. The third-order valence-corrected chi connectivity index (χ3v) is 5.87. The van der Waals surface area contributed by atoms with Crippen LogP contribution < -0.4 is 5.32 Å². The molecule has 1 fully saturated rings. The number of halogens is 2. The summed E-state index contributed by atoms with van der Waals surface area (Å²) in [4.78, 5) is 0.201. The maximum atomic E-state index is 12.5. The Labute approximate surface area is 123 Å². The maximum absolute atomic E-state index is 12.5. The Kier molecular flexibility index (Phi) is 4.74. The first kappa shape index (κ1) is 15.1. The number of rotatable bonds is 4. The van der Waals surface area contributed by atoms with Gasteiger partial charge in [-0.15, -0.1) is 0 Å². The highest BCUT2D eigenvalue weighted by molar-refractivity contribution is 7.89. The van der Waals surface area contributed by atoms with Crippen LogP contribution in [0, 0.1) is 5.92 Å². The van der Waals surface area contributed by atoms with E-state index in [1.807, 2.05) is 7.05 Å². The lowest BCUT2D eigenvalue weighted by molar-refractivity contribution is 0.451. The molecule has 1 aromatic carbocycles. The molecule has 1 aliphatic rings. The van der Waals surface area contributed by atoms with E-state index in [2.05, 4.69) is 5.32 Å². The smallest absolute Gasteiger partial charge is 0.243 e. The van der Waals surface area contributed by atoms with Crippen molar-refractivity contribution >= 4 is 33.2 Å². The Morgan fingerprint density at radius 2 is 2.11 bits per heavy atom. The molecule has 1 N–H and O–H groups in total. The van der Waals surface area contributed by atoms with Crippen LogP contribution in [0.1, 0.15) is 6.42 Å². The molecule has 0 aromatic heterocycles. The Balaban J connectivity index is 2.21. The summed E-state index contributed by atoms with van der Waals surface area (Å²) in [6, 6.07) is 4.41. The fourth-order valence-electron chi connectivity index (χ4n) is 2.26. The van der Waals surface area contributed by atoms with E-state index in [1.54, 1.807) is 0 Å². The first-order valence-electron chi connectivity index (χ1n) is 6.05. The summed E-state index contributed by atoms with van der Waals surface area (Å²) in [7, 11) is -1.60. The summed E-state index contributed by atoms with van der Waals surface area (Å²) in [5.74, 6) is 0.363. The van der Waals surface area contributed by atoms with E-state index in [1.165, 1.54) is 22.5 Å². The number of hydrogen-bond acceptors (Lipinski definition) is 3. The number of benzene rings is 1. The molecule has 1 unspecified atom stereocenters. The predicted molar refractivity (Wildman–Crippen MR) is 77.3 cm³/mol. The van der Waals surface area contributed by atoms with Crippen molar-refractivity contribution in [2.45, 2.75) is 11.3 Å². The van der Waals surface area contributed by atoms with Crippen LogP contribution in [-0.2, 0) is 10.0 Å². The van der Waals surface area contributed by atoms with Gasteiger partial charge in [0.15, 0.2) is 0 Å². The van der Waals surface area contributed by atoms with Gasteiger partial charge in [-0.05, 0) is 44.1 Å². The highest BCUT2D eigenvalue weighted by atomic mass is 35.5. The van der Waals surface area contributed by atoms with Crippen molar-refractivity contribution in [2.24, 2.45) is 5.92 Å². The topological polar surface area (TPSA) is 49.4 Å². The van der Waals surface area contributed by atoms with Gasteiger partial charge in [-0.25, -0.2) is 8.42 Å². The van der Waals surface area contributed by atoms with Gasteiger partial charge >= 0.3 is 0 Å². The Morgan fingerprint density at radius 1 is 1.37 bits per heavy atom. The first-order chi connectivity index (χ1) is 8.95. The van der Waals surface area contributed by atoms with Crippen molar-refractivity contribution in [3.63, 3.8) is 0 Å². The van der Waals surface area contributed by atoms with Gasteiger partial charge in [-0.1, -0.05) is 23.2 Å². The van der Waals surface area contributed by atoms with Gasteiger partial charge in [-0.3, -0.25) is 0 Å². The van der Waals surface area contributed by atoms with Crippen molar-refractivity contribution in [3.05, 3.63) is 28.2 Å². The average Bonchev–Trinajstić information content (AvgIpc) is 2.82. The lowest BCUT2D eigenvalue weighted by Crippen LogP contribution is -2.30. The predicted octanol–water partition coefficient (Wildman–Crippen LogP) is 2.22. The molecule has 0 aliphatic carbocycles.